The number of para-hydroxylation sites is 1. The fourth-order valence-electron chi connectivity index (χ4n) is 2.84. The lowest BCUT2D eigenvalue weighted by Gasteiger charge is -2.23. The van der Waals surface area contributed by atoms with Crippen LogP contribution in [0, 0.1) is 5.82 Å². The number of hydrogen-bond acceptors (Lipinski definition) is 2. The zero-order valence-electron chi connectivity index (χ0n) is 11.8. The van der Waals surface area contributed by atoms with Crippen LogP contribution >= 0.6 is 15.9 Å². The zero-order chi connectivity index (χ0) is 14.8. The van der Waals surface area contributed by atoms with Gasteiger partial charge in [0.05, 0.1) is 0 Å². The van der Waals surface area contributed by atoms with Gasteiger partial charge in [0.2, 0.25) is 0 Å². The van der Waals surface area contributed by atoms with Crippen molar-refractivity contribution in [1.29, 1.82) is 0 Å². The van der Waals surface area contributed by atoms with E-state index in [4.69, 9.17) is 4.74 Å². The topological polar surface area (TPSA) is 21.3 Å². The van der Waals surface area contributed by atoms with E-state index in [0.717, 1.165) is 28.6 Å². The Bertz CT molecular complexity index is 601. The highest BCUT2D eigenvalue weighted by Gasteiger charge is 2.29. The first-order valence-electron chi connectivity index (χ1n) is 7.02. The van der Waals surface area contributed by atoms with E-state index in [-0.39, 0.29) is 18.0 Å². The van der Waals surface area contributed by atoms with Crippen LogP contribution < -0.4 is 10.1 Å². The van der Waals surface area contributed by atoms with E-state index in [2.05, 4.69) is 27.3 Å². The molecule has 2 atom stereocenters. The molecule has 2 aromatic rings. The molecule has 2 nitrogen and oxygen atoms in total. The quantitative estimate of drug-likeness (QED) is 0.908. The molecule has 4 heteroatoms. The van der Waals surface area contributed by atoms with Gasteiger partial charge >= 0.3 is 0 Å². The Balaban J connectivity index is 1.75. The lowest BCUT2D eigenvalue weighted by molar-refractivity contribution is 0.182. The van der Waals surface area contributed by atoms with Gasteiger partial charge in [0.25, 0.3) is 0 Å². The molecule has 3 rings (SSSR count). The number of ether oxygens (including phenoxy) is 1. The van der Waals surface area contributed by atoms with Crippen LogP contribution in [0.15, 0.2) is 46.9 Å². The Labute approximate surface area is 132 Å². The zero-order valence-corrected chi connectivity index (χ0v) is 13.4. The van der Waals surface area contributed by atoms with E-state index in [1.165, 1.54) is 11.6 Å². The molecule has 2 aromatic carbocycles. The van der Waals surface area contributed by atoms with Crippen molar-refractivity contribution in [3.63, 3.8) is 0 Å². The van der Waals surface area contributed by atoms with Crippen molar-refractivity contribution in [3.05, 3.63) is 63.9 Å². The van der Waals surface area contributed by atoms with Crippen molar-refractivity contribution in [2.75, 3.05) is 7.05 Å². The monoisotopic (exact) mass is 349 g/mol. The number of rotatable bonds is 4. The van der Waals surface area contributed by atoms with E-state index in [1.807, 2.05) is 31.3 Å². The summed E-state index contributed by atoms with van der Waals surface area (Å²) in [5, 5.41) is 3.30. The molecule has 0 saturated carbocycles. The average molecular weight is 350 g/mol. The molecule has 0 fully saturated rings. The van der Waals surface area contributed by atoms with Crippen LogP contribution in [0.25, 0.3) is 0 Å². The third-order valence-electron chi connectivity index (χ3n) is 3.87. The maximum absolute atomic E-state index is 13.5. The summed E-state index contributed by atoms with van der Waals surface area (Å²) < 4.78 is 20.3. The van der Waals surface area contributed by atoms with Crippen molar-refractivity contribution >= 4 is 15.9 Å². The van der Waals surface area contributed by atoms with Gasteiger partial charge in [-0.05, 0) is 48.9 Å². The summed E-state index contributed by atoms with van der Waals surface area (Å²) in [7, 11) is 1.92. The standard InChI is InChI=1S/C17H17BrFNO/c1-20-15(8-11-6-13(18)10-14(19)7-11)17-9-12-4-2-3-5-16(12)21-17/h2-7,10,15,17,20H,8-9H2,1H3. The van der Waals surface area contributed by atoms with Crippen LogP contribution in [0.3, 0.4) is 0 Å². The minimum Gasteiger partial charge on any atom is -0.488 e. The highest BCUT2D eigenvalue weighted by molar-refractivity contribution is 9.10. The summed E-state index contributed by atoms with van der Waals surface area (Å²) in [6.45, 7) is 0. The van der Waals surface area contributed by atoms with Crippen molar-refractivity contribution in [2.45, 2.75) is 25.0 Å². The minimum atomic E-state index is -0.218. The van der Waals surface area contributed by atoms with E-state index in [1.54, 1.807) is 6.07 Å². The second-order valence-electron chi connectivity index (χ2n) is 5.35. The van der Waals surface area contributed by atoms with Crippen molar-refractivity contribution < 1.29 is 9.13 Å². The molecule has 21 heavy (non-hydrogen) atoms. The van der Waals surface area contributed by atoms with Gasteiger partial charge in [-0.25, -0.2) is 4.39 Å². The first-order chi connectivity index (χ1) is 10.2. The molecule has 0 bridgehead atoms. The second-order valence-corrected chi connectivity index (χ2v) is 6.26. The van der Waals surface area contributed by atoms with Gasteiger partial charge < -0.3 is 10.1 Å². The van der Waals surface area contributed by atoms with Gasteiger partial charge in [-0.2, -0.15) is 0 Å². The summed E-state index contributed by atoms with van der Waals surface area (Å²) >= 11 is 3.34. The fraction of sp³-hybridized carbons (Fsp3) is 0.294. The van der Waals surface area contributed by atoms with Crippen LogP contribution in [0.5, 0.6) is 5.75 Å². The van der Waals surface area contributed by atoms with Crippen LogP contribution in [0.4, 0.5) is 4.39 Å². The largest absolute Gasteiger partial charge is 0.488 e. The van der Waals surface area contributed by atoms with Crippen molar-refractivity contribution in [2.24, 2.45) is 0 Å². The predicted octanol–water partition coefficient (Wildman–Crippen LogP) is 3.72. The Morgan fingerprint density at radius 1 is 1.33 bits per heavy atom. The number of hydrogen-bond donors (Lipinski definition) is 1. The molecule has 0 aliphatic carbocycles. The summed E-state index contributed by atoms with van der Waals surface area (Å²) in [6.07, 6.45) is 1.69. The smallest absolute Gasteiger partial charge is 0.124 e. The Morgan fingerprint density at radius 2 is 2.14 bits per heavy atom. The molecular formula is C17H17BrFNO. The van der Waals surface area contributed by atoms with E-state index < -0.39 is 0 Å². The Morgan fingerprint density at radius 3 is 2.86 bits per heavy atom. The first kappa shape index (κ1) is 14.5. The van der Waals surface area contributed by atoms with Crippen molar-refractivity contribution in [3.8, 4) is 5.75 Å². The Kier molecular flexibility index (Phi) is 4.27. The summed E-state index contributed by atoms with van der Waals surface area (Å²) in [6, 6.07) is 13.3. The molecule has 1 heterocycles. The number of nitrogens with one attached hydrogen (secondary N) is 1. The molecule has 2 unspecified atom stereocenters. The maximum Gasteiger partial charge on any atom is 0.124 e. The van der Waals surface area contributed by atoms with Gasteiger partial charge in [-0.15, -0.1) is 0 Å². The number of likely N-dealkylation sites (N-methyl/N-ethyl adjacent to an activating group) is 1. The predicted molar refractivity (Wildman–Crippen MR) is 85.2 cm³/mol. The summed E-state index contributed by atoms with van der Waals surface area (Å²) in [4.78, 5) is 0. The molecule has 1 N–H and O–H groups in total. The second kappa shape index (κ2) is 6.16. The van der Waals surface area contributed by atoms with Crippen LogP contribution in [0.1, 0.15) is 11.1 Å². The van der Waals surface area contributed by atoms with Gasteiger partial charge in [0, 0.05) is 16.9 Å². The van der Waals surface area contributed by atoms with E-state index >= 15 is 0 Å². The molecule has 110 valence electrons. The molecule has 0 aromatic heterocycles. The minimum absolute atomic E-state index is 0.0782. The molecule has 1 aliphatic rings. The number of halogens is 2. The highest BCUT2D eigenvalue weighted by atomic mass is 79.9. The lowest BCUT2D eigenvalue weighted by atomic mass is 9.98. The molecule has 1 aliphatic heterocycles. The highest BCUT2D eigenvalue weighted by Crippen LogP contribution is 2.30. The maximum atomic E-state index is 13.5. The van der Waals surface area contributed by atoms with Crippen molar-refractivity contribution in [1.82, 2.24) is 5.32 Å². The van der Waals surface area contributed by atoms with E-state index in [9.17, 15) is 4.39 Å². The molecule has 0 saturated heterocycles. The summed E-state index contributed by atoms with van der Waals surface area (Å²) in [5.74, 6) is 0.744. The molecule has 0 spiro atoms. The molecular weight excluding hydrogens is 333 g/mol. The SMILES string of the molecule is CNC(Cc1cc(F)cc(Br)c1)C1Cc2ccccc2O1. The third-order valence-corrected chi connectivity index (χ3v) is 4.33. The van der Waals surface area contributed by atoms with Crippen LogP contribution in [0.2, 0.25) is 0 Å². The average Bonchev–Trinajstić information content (AvgIpc) is 2.87. The fourth-order valence-corrected chi connectivity index (χ4v) is 3.35. The number of benzene rings is 2. The van der Waals surface area contributed by atoms with Gasteiger partial charge in [0.1, 0.15) is 17.7 Å². The third kappa shape index (κ3) is 3.27. The lowest BCUT2D eigenvalue weighted by Crippen LogP contribution is -2.42. The summed E-state index contributed by atoms with van der Waals surface area (Å²) in [5.41, 5.74) is 2.20. The normalized spacial score (nSPS) is 18.1. The van der Waals surface area contributed by atoms with Gasteiger partial charge in [0.15, 0.2) is 0 Å². The van der Waals surface area contributed by atoms with Crippen LogP contribution in [-0.2, 0) is 12.8 Å². The first-order valence-corrected chi connectivity index (χ1v) is 7.82. The van der Waals surface area contributed by atoms with Gasteiger partial charge in [-0.1, -0.05) is 34.1 Å². The van der Waals surface area contributed by atoms with Gasteiger partial charge in [-0.3, -0.25) is 0 Å². The molecule has 0 amide bonds. The Hall–Kier alpha value is -1.39. The number of fused-ring (bicyclic) bond motifs is 1. The van der Waals surface area contributed by atoms with Crippen LogP contribution in [-0.4, -0.2) is 19.2 Å². The van der Waals surface area contributed by atoms with E-state index in [0.29, 0.717) is 0 Å². The molecule has 0 radical (unpaired) electrons.